The van der Waals surface area contributed by atoms with E-state index in [1.54, 1.807) is 11.8 Å². The van der Waals surface area contributed by atoms with Crippen molar-refractivity contribution in [3.63, 3.8) is 0 Å². The predicted molar refractivity (Wildman–Crippen MR) is 98.3 cm³/mol. The molecule has 2 fully saturated rings. The molecule has 2 saturated heterocycles. The van der Waals surface area contributed by atoms with Gasteiger partial charge in [0.15, 0.2) is 14.1 Å². The van der Waals surface area contributed by atoms with E-state index >= 15 is 0 Å². The molecule has 0 saturated carbocycles. The number of hydrogen-bond acceptors (Lipinski definition) is 5. The Morgan fingerprint density at radius 3 is 2.22 bits per heavy atom. The van der Waals surface area contributed by atoms with Gasteiger partial charge in [-0.15, -0.1) is 11.8 Å². The number of thioether (sulfide) groups is 1. The van der Waals surface area contributed by atoms with Crippen LogP contribution in [0.3, 0.4) is 0 Å². The van der Waals surface area contributed by atoms with E-state index in [-0.39, 0.29) is 28.8 Å². The highest BCUT2D eigenvalue weighted by molar-refractivity contribution is 7.99. The van der Waals surface area contributed by atoms with E-state index in [0.717, 1.165) is 0 Å². The number of rotatable bonds is 4. The fourth-order valence-electron chi connectivity index (χ4n) is 2.95. The molecule has 0 aliphatic carbocycles. The molecule has 0 aromatic carbocycles. The van der Waals surface area contributed by atoms with Crippen molar-refractivity contribution in [2.45, 2.75) is 89.2 Å². The van der Waals surface area contributed by atoms with Gasteiger partial charge in [-0.25, -0.2) is 0 Å². The lowest BCUT2D eigenvalue weighted by Crippen LogP contribution is -2.54. The fraction of sp³-hybridized carbons (Fsp3) is 1.00. The van der Waals surface area contributed by atoms with Crippen molar-refractivity contribution in [1.29, 1.82) is 0 Å². The molecule has 136 valence electrons. The summed E-state index contributed by atoms with van der Waals surface area (Å²) in [5.41, 5.74) is 0.127. The maximum absolute atomic E-state index is 6.41. The largest absolute Gasteiger partial charge is 0.414 e. The molecule has 5 atom stereocenters. The zero-order valence-corrected chi connectivity index (χ0v) is 18.0. The Bertz CT molecular complexity index is 421. The number of hydrogen-bond donors (Lipinski definition) is 0. The van der Waals surface area contributed by atoms with Crippen LogP contribution in [0, 0.1) is 5.92 Å². The molecule has 0 aromatic heterocycles. The van der Waals surface area contributed by atoms with Crippen LogP contribution in [-0.4, -0.2) is 50.7 Å². The van der Waals surface area contributed by atoms with Crippen molar-refractivity contribution in [2.24, 2.45) is 5.92 Å². The van der Waals surface area contributed by atoms with E-state index in [1.807, 2.05) is 13.8 Å². The molecule has 0 radical (unpaired) electrons. The Balaban J connectivity index is 2.11. The summed E-state index contributed by atoms with van der Waals surface area (Å²) in [7, 11) is -1.80. The second kappa shape index (κ2) is 6.61. The highest BCUT2D eigenvalue weighted by Gasteiger charge is 2.54. The molecule has 0 spiro atoms. The highest BCUT2D eigenvalue weighted by atomic mass is 32.2. The van der Waals surface area contributed by atoms with Gasteiger partial charge in [-0.1, -0.05) is 27.7 Å². The van der Waals surface area contributed by atoms with Crippen molar-refractivity contribution in [3.8, 4) is 0 Å². The highest BCUT2D eigenvalue weighted by Crippen LogP contribution is 2.43. The van der Waals surface area contributed by atoms with Crippen molar-refractivity contribution in [3.05, 3.63) is 0 Å². The number of ether oxygens (including phenoxy) is 3. The molecule has 2 rings (SSSR count). The summed E-state index contributed by atoms with van der Waals surface area (Å²) in [4.78, 5) is 0. The van der Waals surface area contributed by atoms with Gasteiger partial charge in [0.05, 0.1) is 12.7 Å². The van der Waals surface area contributed by atoms with Crippen molar-refractivity contribution in [1.82, 2.24) is 0 Å². The molecule has 2 aliphatic rings. The normalized spacial score (nSPS) is 37.7. The van der Waals surface area contributed by atoms with Crippen LogP contribution in [0.2, 0.25) is 18.1 Å². The van der Waals surface area contributed by atoms with Crippen molar-refractivity contribution < 1.29 is 18.6 Å². The van der Waals surface area contributed by atoms with E-state index in [2.05, 4.69) is 47.0 Å². The van der Waals surface area contributed by atoms with Crippen LogP contribution in [0.25, 0.3) is 0 Å². The van der Waals surface area contributed by atoms with Gasteiger partial charge < -0.3 is 18.6 Å². The van der Waals surface area contributed by atoms with E-state index in [0.29, 0.717) is 12.5 Å². The summed E-state index contributed by atoms with van der Waals surface area (Å²) in [6.45, 7) is 18.1. The Kier molecular flexibility index (Phi) is 5.67. The molecule has 0 aromatic rings. The molecule has 3 unspecified atom stereocenters. The lowest BCUT2D eigenvalue weighted by molar-refractivity contribution is -0.158. The van der Waals surface area contributed by atoms with E-state index in [1.165, 1.54) is 0 Å². The Morgan fingerprint density at radius 1 is 1.13 bits per heavy atom. The molecule has 0 amide bonds. The van der Waals surface area contributed by atoms with Gasteiger partial charge in [-0.2, -0.15) is 0 Å². The molecule has 0 bridgehead atoms. The Hall–Kier alpha value is 0.407. The first-order chi connectivity index (χ1) is 10.4. The summed E-state index contributed by atoms with van der Waals surface area (Å²) in [5.74, 6) is -0.240. The van der Waals surface area contributed by atoms with Crippen molar-refractivity contribution in [2.75, 3.05) is 12.9 Å². The zero-order chi connectivity index (χ0) is 17.6. The van der Waals surface area contributed by atoms with Crippen LogP contribution in [0.4, 0.5) is 0 Å². The van der Waals surface area contributed by atoms with E-state index in [9.17, 15) is 0 Å². The minimum atomic E-state index is -1.80. The lowest BCUT2D eigenvalue weighted by Gasteiger charge is -2.43. The van der Waals surface area contributed by atoms with Crippen LogP contribution < -0.4 is 0 Å². The third kappa shape index (κ3) is 4.15. The molecular weight excluding hydrogens is 328 g/mol. The molecule has 6 heteroatoms. The second-order valence-electron chi connectivity index (χ2n) is 8.77. The van der Waals surface area contributed by atoms with Gasteiger partial charge in [0.25, 0.3) is 0 Å². The minimum absolute atomic E-state index is 0.0480. The first kappa shape index (κ1) is 19.7. The van der Waals surface area contributed by atoms with Gasteiger partial charge in [-0.3, -0.25) is 0 Å². The first-order valence-electron chi connectivity index (χ1n) is 8.56. The SMILES string of the molecule is CSC1OC(CO[Si](C)(C)C(C)(C)C)C2OC(C)(C)O[C@@H]2[C@H]1C. The van der Waals surface area contributed by atoms with Gasteiger partial charge >= 0.3 is 0 Å². The second-order valence-corrected chi connectivity index (χ2v) is 14.5. The molecule has 23 heavy (non-hydrogen) atoms. The average molecular weight is 363 g/mol. The third-order valence-electron chi connectivity index (χ3n) is 5.43. The van der Waals surface area contributed by atoms with Gasteiger partial charge in [-0.05, 0) is 38.2 Å². The van der Waals surface area contributed by atoms with Gasteiger partial charge in [0.2, 0.25) is 0 Å². The zero-order valence-electron chi connectivity index (χ0n) is 16.1. The van der Waals surface area contributed by atoms with Gasteiger partial charge in [0, 0.05) is 5.92 Å². The van der Waals surface area contributed by atoms with Crippen LogP contribution in [-0.2, 0) is 18.6 Å². The predicted octanol–water partition coefficient (Wildman–Crippen LogP) is 4.25. The number of fused-ring (bicyclic) bond motifs is 1. The molecule has 4 nitrogen and oxygen atoms in total. The van der Waals surface area contributed by atoms with Crippen LogP contribution in [0.15, 0.2) is 0 Å². The molecule has 0 N–H and O–H groups in total. The van der Waals surface area contributed by atoms with Crippen LogP contribution in [0.5, 0.6) is 0 Å². The standard InChI is InChI=1S/C17H34O4SSi/c1-11-13-14(21-17(5,6)20-13)12(19-15(11)22-7)10-18-23(8,9)16(2,3)4/h11-15H,10H2,1-9H3/t11-,12?,13-,14?,15?/m1/s1. The third-order valence-corrected chi connectivity index (χ3v) is 10.9. The first-order valence-corrected chi connectivity index (χ1v) is 12.8. The minimum Gasteiger partial charge on any atom is -0.414 e. The monoisotopic (exact) mass is 362 g/mol. The maximum atomic E-state index is 6.41. The van der Waals surface area contributed by atoms with Crippen LogP contribution in [0.1, 0.15) is 41.5 Å². The Morgan fingerprint density at radius 2 is 1.70 bits per heavy atom. The smallest absolute Gasteiger partial charge is 0.192 e. The summed E-state index contributed by atoms with van der Waals surface area (Å²) in [5, 5.41) is 0.194. The lowest BCUT2D eigenvalue weighted by atomic mass is 9.94. The quantitative estimate of drug-likeness (QED) is 0.699. The summed E-state index contributed by atoms with van der Waals surface area (Å²) in [6.07, 6.45) is 2.05. The molecular formula is C17H34O4SSi. The molecule has 2 heterocycles. The van der Waals surface area contributed by atoms with E-state index < -0.39 is 14.1 Å². The average Bonchev–Trinajstić information content (AvgIpc) is 2.73. The van der Waals surface area contributed by atoms with Gasteiger partial charge in [0.1, 0.15) is 17.6 Å². The fourth-order valence-corrected chi connectivity index (χ4v) is 4.80. The topological polar surface area (TPSA) is 36.9 Å². The Labute approximate surface area is 147 Å². The van der Waals surface area contributed by atoms with Crippen molar-refractivity contribution >= 4 is 20.1 Å². The summed E-state index contributed by atoms with van der Waals surface area (Å²) in [6, 6.07) is 0. The maximum Gasteiger partial charge on any atom is 0.192 e. The van der Waals surface area contributed by atoms with Crippen LogP contribution >= 0.6 is 11.8 Å². The molecule has 2 aliphatic heterocycles. The van der Waals surface area contributed by atoms with E-state index in [4.69, 9.17) is 18.6 Å². The summed E-state index contributed by atoms with van der Waals surface area (Å²) >= 11 is 1.74. The summed E-state index contributed by atoms with van der Waals surface area (Å²) < 4.78 is 25.1.